The smallest absolute Gasteiger partial charge is 0.313 e. The fourth-order valence-corrected chi connectivity index (χ4v) is 14.8. The van der Waals surface area contributed by atoms with Gasteiger partial charge in [0.1, 0.15) is 11.9 Å². The third-order valence-corrected chi connectivity index (χ3v) is 20.3. The Kier molecular flexibility index (Phi) is 13.7. The second kappa shape index (κ2) is 20.6. The average molecular weight is 1130 g/mol. The molecule has 26 heteroatoms. The van der Waals surface area contributed by atoms with Crippen molar-refractivity contribution in [2.24, 2.45) is 11.8 Å². The lowest BCUT2D eigenvalue weighted by Gasteiger charge is -2.30. The highest BCUT2D eigenvalue weighted by atomic mass is 35.5. The van der Waals surface area contributed by atoms with Crippen LogP contribution in [0.5, 0.6) is 5.88 Å². The first-order valence-corrected chi connectivity index (χ1v) is 30.3. The largest absolute Gasteiger partial charge is 0.475 e. The number of ether oxygens (including phenoxy) is 3. The zero-order valence-electron chi connectivity index (χ0n) is 40.9. The van der Waals surface area contributed by atoms with E-state index in [0.29, 0.717) is 118 Å². The second-order valence-electron chi connectivity index (χ2n) is 19.6. The monoisotopic (exact) mass is 1130 g/mol. The molecule has 2 amide bonds. The summed E-state index contributed by atoms with van der Waals surface area (Å²) in [6, 6.07) is 9.00. The van der Waals surface area contributed by atoms with Crippen molar-refractivity contribution >= 4 is 83.0 Å². The van der Waals surface area contributed by atoms with Gasteiger partial charge in [0, 0.05) is 56.1 Å². The molecule has 5 aliphatic rings. The molecule has 0 aromatic carbocycles. The highest BCUT2D eigenvalue weighted by Crippen LogP contribution is 2.45. The summed E-state index contributed by atoms with van der Waals surface area (Å²) in [4.78, 5) is 52.6. The van der Waals surface area contributed by atoms with Gasteiger partial charge in [-0.05, 0) is 94.9 Å². The Morgan fingerprint density at radius 1 is 0.789 bits per heavy atom. The van der Waals surface area contributed by atoms with Crippen LogP contribution >= 0.6 is 34.3 Å². The predicted octanol–water partition coefficient (Wildman–Crippen LogP) is 6.84. The van der Waals surface area contributed by atoms with Crippen molar-refractivity contribution < 1.29 is 45.2 Å². The summed E-state index contributed by atoms with van der Waals surface area (Å²) < 4.78 is 78.0. The van der Waals surface area contributed by atoms with Gasteiger partial charge in [-0.3, -0.25) is 29.0 Å². The maximum absolute atomic E-state index is 14.2. The van der Waals surface area contributed by atoms with Crippen LogP contribution in [0.15, 0.2) is 79.8 Å². The number of thiazole rings is 2. The number of amides is 2. The Labute approximate surface area is 450 Å². The van der Waals surface area contributed by atoms with E-state index in [9.17, 15) is 26.4 Å². The van der Waals surface area contributed by atoms with Crippen molar-refractivity contribution in [2.75, 3.05) is 29.3 Å². The summed E-state index contributed by atoms with van der Waals surface area (Å²) >= 11 is 9.22. The van der Waals surface area contributed by atoms with Gasteiger partial charge < -0.3 is 24.8 Å². The van der Waals surface area contributed by atoms with Crippen molar-refractivity contribution in [1.29, 1.82) is 0 Å². The van der Waals surface area contributed by atoms with E-state index in [1.54, 1.807) is 88.9 Å². The molecule has 7 aromatic rings. The van der Waals surface area contributed by atoms with Crippen molar-refractivity contribution in [2.45, 2.75) is 99.5 Å². The van der Waals surface area contributed by atoms with Gasteiger partial charge in [0.15, 0.2) is 21.7 Å². The van der Waals surface area contributed by atoms with Crippen molar-refractivity contribution in [3.8, 4) is 32.7 Å². The molecule has 21 nitrogen and oxygen atoms in total. The number of halogens is 1. The van der Waals surface area contributed by atoms with E-state index in [1.807, 2.05) is 6.92 Å². The zero-order valence-corrected chi connectivity index (χ0v) is 44.9. The van der Waals surface area contributed by atoms with E-state index in [-0.39, 0.29) is 39.9 Å². The molecule has 12 rings (SSSR count). The number of hydrogen-bond acceptors (Lipinski definition) is 17. The minimum atomic E-state index is -3.53. The molecule has 5 fully saturated rings. The van der Waals surface area contributed by atoms with E-state index in [0.717, 1.165) is 30.6 Å². The molecule has 7 aromatic heterocycles. The van der Waals surface area contributed by atoms with Gasteiger partial charge in [-0.2, -0.15) is 4.57 Å². The maximum Gasteiger partial charge on any atom is 0.313 e. The number of carbonyl (C=O) groups excluding carboxylic acids is 2. The van der Waals surface area contributed by atoms with Crippen LogP contribution in [0.2, 0.25) is 5.02 Å². The molecular formula is C50H52ClN12O9S4+. The van der Waals surface area contributed by atoms with Gasteiger partial charge in [-0.1, -0.05) is 21.2 Å². The molecule has 2 saturated carbocycles. The quantitative estimate of drug-likeness (QED) is 0.0604. The SMILES string of the molecule is CCOc1c[n+](-c2cc(Cl)cc3c(-c4cnc(C(=O)N[C@H](c5cc(NS(=O)(=O)C6CC6)ccn5)C5CCOCC5)s4)cnn23)cc(-c2cnc(C(=O)N[C@@H](c3cc(NS(=O)(=O)C4CC4)ccn3)[C@H]3C[C@H]4CC[C@@H]3O4)s2)n1. The number of sulfonamides is 2. The third-order valence-electron chi connectivity index (χ3n) is 14.3. The van der Waals surface area contributed by atoms with Crippen LogP contribution < -0.4 is 29.4 Å². The molecule has 2 bridgehead atoms. The third kappa shape index (κ3) is 10.6. The summed E-state index contributed by atoms with van der Waals surface area (Å²) in [5.41, 5.74) is 3.59. The van der Waals surface area contributed by atoms with Gasteiger partial charge >= 0.3 is 5.82 Å². The normalized spacial score (nSPS) is 20.6. The molecule has 10 heterocycles. The Morgan fingerprint density at radius 2 is 1.42 bits per heavy atom. The Hall–Kier alpha value is -6.22. The minimum Gasteiger partial charge on any atom is -0.475 e. The number of carbonyl (C=O) groups is 2. The molecular weight excluding hydrogens is 1080 g/mol. The lowest BCUT2D eigenvalue weighted by atomic mass is 9.82. The summed E-state index contributed by atoms with van der Waals surface area (Å²) in [6.45, 7) is 3.21. The van der Waals surface area contributed by atoms with Crippen LogP contribution in [-0.4, -0.2) is 106 Å². The van der Waals surface area contributed by atoms with E-state index >= 15 is 0 Å². The van der Waals surface area contributed by atoms with Gasteiger partial charge in [0.2, 0.25) is 20.0 Å². The minimum absolute atomic E-state index is 0.0181. The highest BCUT2D eigenvalue weighted by molar-refractivity contribution is 7.93. The zero-order chi connectivity index (χ0) is 52.3. The van der Waals surface area contributed by atoms with E-state index < -0.39 is 54.4 Å². The molecule has 0 radical (unpaired) electrons. The topological polar surface area (TPSA) is 264 Å². The predicted molar refractivity (Wildman–Crippen MR) is 282 cm³/mol. The van der Waals surface area contributed by atoms with Crippen LogP contribution in [0.1, 0.15) is 108 Å². The number of nitrogens with zero attached hydrogens (tertiary/aromatic N) is 8. The first-order chi connectivity index (χ1) is 36.7. The number of fused-ring (bicyclic) bond motifs is 3. The molecule has 3 saturated heterocycles. The van der Waals surface area contributed by atoms with Crippen molar-refractivity contribution in [1.82, 2.24) is 45.2 Å². The number of aromatic nitrogens is 8. The highest BCUT2D eigenvalue weighted by Gasteiger charge is 2.46. The lowest BCUT2D eigenvalue weighted by molar-refractivity contribution is -0.601. The summed E-state index contributed by atoms with van der Waals surface area (Å²) in [5, 5.41) is 11.1. The fraction of sp³-hybridized carbons (Fsp3) is 0.420. The summed E-state index contributed by atoms with van der Waals surface area (Å²) in [7, 11) is -7.04. The number of hydrogen-bond donors (Lipinski definition) is 4. The van der Waals surface area contributed by atoms with Gasteiger partial charge in [0.25, 0.3) is 17.7 Å². The van der Waals surface area contributed by atoms with Crippen LogP contribution in [0.25, 0.3) is 32.3 Å². The Morgan fingerprint density at radius 3 is 2.04 bits per heavy atom. The van der Waals surface area contributed by atoms with E-state index in [2.05, 4.69) is 40.0 Å². The molecule has 0 spiro atoms. The Balaban J connectivity index is 0.799. The first kappa shape index (κ1) is 50.6. The van der Waals surface area contributed by atoms with Crippen LogP contribution in [-0.2, 0) is 29.5 Å². The summed E-state index contributed by atoms with van der Waals surface area (Å²) in [6.07, 6.45) is 17.9. The maximum atomic E-state index is 14.2. The first-order valence-electron chi connectivity index (χ1n) is 25.2. The standard InChI is InChI=1S/C50H51ClN12O9S4/c1-2-71-43-26-62(25-38(57-43)42-24-55-50(74-42)48(65)59-46(34-21-31-3-8-40(34)72-31)37-20-30(10-14-53-37)61-76(68,69)33-6-7-33)44-18-28(51)17-39-35(22-56-63(39)44)41-23-54-49(73-41)47(64)58-45(27-11-15-70-16-12-27)36-19-29(9-13-52-36)60-75(66,67)32-4-5-32/h9-10,13-14,17-20,22-27,31-34,40,45-46H,2-8,11-12,15-16,21H2,1H3,(H3-,52,53,58,59,60,61,64,65)/p+1/t31-,34+,40+,45+,46-/m1/s1. The molecule has 2 aliphatic carbocycles. The number of nitrogens with one attached hydrogen (secondary N) is 4. The van der Waals surface area contributed by atoms with Crippen LogP contribution in [0, 0.1) is 11.8 Å². The van der Waals surface area contributed by atoms with Crippen molar-refractivity contribution in [3.63, 3.8) is 0 Å². The molecule has 5 atom stereocenters. The van der Waals surface area contributed by atoms with Gasteiger partial charge in [-0.25, -0.2) is 31.8 Å². The average Bonchev–Trinajstić information content (AvgIpc) is 4.22. The summed E-state index contributed by atoms with van der Waals surface area (Å²) in [5.74, 6) is -0.114. The lowest BCUT2D eigenvalue weighted by Crippen LogP contribution is -2.38. The molecule has 3 aliphatic heterocycles. The van der Waals surface area contributed by atoms with Gasteiger partial charge in [-0.15, -0.1) is 22.7 Å². The van der Waals surface area contributed by atoms with E-state index in [1.165, 1.54) is 11.3 Å². The van der Waals surface area contributed by atoms with Crippen LogP contribution in [0.3, 0.4) is 0 Å². The van der Waals surface area contributed by atoms with Crippen molar-refractivity contribution in [3.05, 3.63) is 106 Å². The second-order valence-corrected chi connectivity index (χ2v) is 26.1. The molecule has 0 unspecified atom stereocenters. The van der Waals surface area contributed by atoms with Crippen LogP contribution in [0.4, 0.5) is 11.4 Å². The van der Waals surface area contributed by atoms with E-state index in [4.69, 9.17) is 35.9 Å². The van der Waals surface area contributed by atoms with Gasteiger partial charge in [0.05, 0.1) is 90.7 Å². The number of anilines is 2. The number of pyridine rings is 3. The molecule has 76 heavy (non-hydrogen) atoms. The number of rotatable bonds is 19. The molecule has 4 N–H and O–H groups in total. The fourth-order valence-electron chi connectivity index (χ4n) is 10.3. The molecule has 396 valence electrons. The Bertz CT molecular complexity index is 3600.